The minimum atomic E-state index is -4.70. The summed E-state index contributed by atoms with van der Waals surface area (Å²) in [5.41, 5.74) is 5.84. The molecule has 7 nitrogen and oxygen atoms in total. The number of halogens is 3. The molecule has 1 aliphatic rings. The van der Waals surface area contributed by atoms with Gasteiger partial charge < -0.3 is 16.4 Å². The van der Waals surface area contributed by atoms with Gasteiger partial charge in [-0.15, -0.1) is 0 Å². The number of carbonyl (C=O) groups excluding carboxylic acids is 1. The summed E-state index contributed by atoms with van der Waals surface area (Å²) in [5.74, 6) is -0.256. The lowest BCUT2D eigenvalue weighted by molar-refractivity contribution is -0.137. The largest absolute Gasteiger partial charge is 0.420 e. The fourth-order valence-electron chi connectivity index (χ4n) is 3.92. The topological polar surface area (TPSA) is 106 Å². The Hall–Kier alpha value is -3.53. The molecular weight excluding hydrogens is 433 g/mol. The van der Waals surface area contributed by atoms with Crippen LogP contribution in [-0.2, 0) is 17.4 Å². The maximum Gasteiger partial charge on any atom is 0.420 e. The van der Waals surface area contributed by atoms with E-state index in [2.05, 4.69) is 25.6 Å². The van der Waals surface area contributed by atoms with E-state index in [1.165, 1.54) is 23.9 Å². The second kappa shape index (κ2) is 9.53. The number of benzene rings is 1. The third kappa shape index (κ3) is 5.46. The van der Waals surface area contributed by atoms with E-state index in [4.69, 9.17) is 5.73 Å². The molecular formula is C23H23F3N6O. The molecule has 1 aliphatic heterocycles. The first-order valence-corrected chi connectivity index (χ1v) is 10.6. The molecule has 1 atom stereocenters. The van der Waals surface area contributed by atoms with Crippen LogP contribution < -0.4 is 16.4 Å². The molecule has 0 radical (unpaired) electrons. The lowest BCUT2D eigenvalue weighted by Gasteiger charge is -2.23. The Bertz CT molecular complexity index is 1130. The van der Waals surface area contributed by atoms with Crippen molar-refractivity contribution in [2.24, 2.45) is 5.73 Å². The summed E-state index contributed by atoms with van der Waals surface area (Å²) in [6.45, 7) is 1.96. The van der Waals surface area contributed by atoms with Gasteiger partial charge in [0.2, 0.25) is 11.9 Å². The second-order valence-corrected chi connectivity index (χ2v) is 7.90. The quantitative estimate of drug-likeness (QED) is 0.521. The third-order valence-corrected chi connectivity index (χ3v) is 5.51. The SMILES string of the molecule is NC(=O)Cc1cccnc1-c1nc(Nc2ccc(C3CCCNC3)cc2)ncc1C(F)(F)F. The van der Waals surface area contributed by atoms with E-state index in [0.29, 0.717) is 11.6 Å². The van der Waals surface area contributed by atoms with Crippen LogP contribution in [0.1, 0.15) is 35.4 Å². The summed E-state index contributed by atoms with van der Waals surface area (Å²) < 4.78 is 41.0. The molecule has 1 saturated heterocycles. The Kier molecular flexibility index (Phi) is 6.55. The van der Waals surface area contributed by atoms with Crippen LogP contribution in [0.4, 0.5) is 24.8 Å². The van der Waals surface area contributed by atoms with E-state index in [-0.39, 0.29) is 23.6 Å². The number of nitrogens with one attached hydrogen (secondary N) is 2. The summed E-state index contributed by atoms with van der Waals surface area (Å²) in [6.07, 6.45) is -0.666. The van der Waals surface area contributed by atoms with Gasteiger partial charge in [0.25, 0.3) is 0 Å². The Morgan fingerprint density at radius 1 is 1.15 bits per heavy atom. The molecule has 0 bridgehead atoms. The van der Waals surface area contributed by atoms with E-state index in [9.17, 15) is 18.0 Å². The molecule has 0 aliphatic carbocycles. The second-order valence-electron chi connectivity index (χ2n) is 7.90. The van der Waals surface area contributed by atoms with Gasteiger partial charge in [0.05, 0.1) is 12.1 Å². The average molecular weight is 456 g/mol. The highest BCUT2D eigenvalue weighted by Crippen LogP contribution is 2.37. The minimum Gasteiger partial charge on any atom is -0.369 e. The molecule has 2 aromatic heterocycles. The number of alkyl halides is 3. The summed E-state index contributed by atoms with van der Waals surface area (Å²) in [4.78, 5) is 23.4. The molecule has 10 heteroatoms. The highest BCUT2D eigenvalue weighted by molar-refractivity contribution is 5.79. The molecule has 1 unspecified atom stereocenters. The molecule has 1 fully saturated rings. The van der Waals surface area contributed by atoms with Gasteiger partial charge in [0, 0.05) is 24.6 Å². The zero-order chi connectivity index (χ0) is 23.4. The number of nitrogens with zero attached hydrogens (tertiary/aromatic N) is 3. The first-order valence-electron chi connectivity index (χ1n) is 10.6. The number of carbonyl (C=O) groups is 1. The monoisotopic (exact) mass is 456 g/mol. The van der Waals surface area contributed by atoms with Crippen molar-refractivity contribution >= 4 is 17.5 Å². The van der Waals surface area contributed by atoms with Gasteiger partial charge in [-0.3, -0.25) is 9.78 Å². The predicted octanol–water partition coefficient (Wildman–Crippen LogP) is 3.80. The van der Waals surface area contributed by atoms with Crippen LogP contribution in [0.25, 0.3) is 11.4 Å². The molecule has 1 aromatic carbocycles. The Morgan fingerprint density at radius 2 is 1.94 bits per heavy atom. The molecule has 0 spiro atoms. The average Bonchev–Trinajstić information content (AvgIpc) is 2.79. The number of hydrogen-bond donors (Lipinski definition) is 3. The van der Waals surface area contributed by atoms with Crippen LogP contribution in [0, 0.1) is 0 Å². The molecule has 33 heavy (non-hydrogen) atoms. The predicted molar refractivity (Wildman–Crippen MR) is 118 cm³/mol. The molecule has 3 heterocycles. The highest BCUT2D eigenvalue weighted by Gasteiger charge is 2.36. The first-order chi connectivity index (χ1) is 15.8. The smallest absolute Gasteiger partial charge is 0.369 e. The zero-order valence-electron chi connectivity index (χ0n) is 17.7. The van der Waals surface area contributed by atoms with Crippen LogP contribution in [0.5, 0.6) is 0 Å². The number of hydrogen-bond acceptors (Lipinski definition) is 6. The van der Waals surface area contributed by atoms with Crippen LogP contribution in [-0.4, -0.2) is 33.9 Å². The van der Waals surface area contributed by atoms with Gasteiger partial charge in [0.1, 0.15) is 11.3 Å². The van der Waals surface area contributed by atoms with Crippen molar-refractivity contribution in [1.29, 1.82) is 0 Å². The molecule has 1 amide bonds. The maximum atomic E-state index is 13.7. The van der Waals surface area contributed by atoms with Crippen LogP contribution >= 0.6 is 0 Å². The number of pyridine rings is 1. The number of amides is 1. The number of piperidine rings is 1. The van der Waals surface area contributed by atoms with E-state index < -0.39 is 23.3 Å². The zero-order valence-corrected chi connectivity index (χ0v) is 17.7. The first kappa shape index (κ1) is 22.7. The highest BCUT2D eigenvalue weighted by atomic mass is 19.4. The summed E-state index contributed by atoms with van der Waals surface area (Å²) in [6, 6.07) is 10.7. The van der Waals surface area contributed by atoms with Gasteiger partial charge >= 0.3 is 6.18 Å². The third-order valence-electron chi connectivity index (χ3n) is 5.51. The maximum absolute atomic E-state index is 13.7. The summed E-state index contributed by atoms with van der Waals surface area (Å²) in [5, 5.41) is 6.34. The minimum absolute atomic E-state index is 0.0132. The van der Waals surface area contributed by atoms with Gasteiger partial charge in [-0.25, -0.2) is 9.97 Å². The number of aromatic nitrogens is 3. The van der Waals surface area contributed by atoms with Crippen molar-refractivity contribution < 1.29 is 18.0 Å². The number of nitrogens with two attached hydrogens (primary N) is 1. The van der Waals surface area contributed by atoms with Gasteiger partial charge in [0.15, 0.2) is 0 Å². The summed E-state index contributed by atoms with van der Waals surface area (Å²) in [7, 11) is 0. The molecule has 0 saturated carbocycles. The fraction of sp³-hybridized carbons (Fsp3) is 0.304. The standard InChI is InChI=1S/C23H23F3N6O/c24-23(25,26)18-13-30-22(32-21(18)20-15(11-19(27)33)3-2-10-29-20)31-17-7-5-14(6-8-17)16-4-1-9-28-12-16/h2-3,5-8,10,13,16,28H,1,4,9,11-12H2,(H2,27,33)(H,30,31,32). The van der Waals surface area contributed by atoms with Crippen molar-refractivity contribution in [1.82, 2.24) is 20.3 Å². The summed E-state index contributed by atoms with van der Waals surface area (Å²) >= 11 is 0. The lowest BCUT2D eigenvalue weighted by Crippen LogP contribution is -2.28. The molecule has 172 valence electrons. The van der Waals surface area contributed by atoms with Crippen LogP contribution in [0.15, 0.2) is 48.8 Å². The van der Waals surface area contributed by atoms with E-state index >= 15 is 0 Å². The number of primary amides is 1. The fourth-order valence-corrected chi connectivity index (χ4v) is 3.92. The van der Waals surface area contributed by atoms with Crippen LogP contribution in [0.2, 0.25) is 0 Å². The van der Waals surface area contributed by atoms with Gasteiger partial charge in [-0.05, 0) is 54.6 Å². The van der Waals surface area contributed by atoms with Crippen molar-refractivity contribution in [2.75, 3.05) is 18.4 Å². The van der Waals surface area contributed by atoms with Crippen molar-refractivity contribution in [3.05, 3.63) is 65.5 Å². The van der Waals surface area contributed by atoms with Crippen molar-refractivity contribution in [3.8, 4) is 11.4 Å². The van der Waals surface area contributed by atoms with E-state index in [0.717, 1.165) is 32.1 Å². The Morgan fingerprint density at radius 3 is 2.61 bits per heavy atom. The lowest BCUT2D eigenvalue weighted by atomic mass is 9.92. The molecule has 3 aromatic rings. The molecule has 4 N–H and O–H groups in total. The molecule has 4 rings (SSSR count). The van der Waals surface area contributed by atoms with Crippen molar-refractivity contribution in [2.45, 2.75) is 31.4 Å². The van der Waals surface area contributed by atoms with Gasteiger partial charge in [-0.2, -0.15) is 13.2 Å². The van der Waals surface area contributed by atoms with Crippen molar-refractivity contribution in [3.63, 3.8) is 0 Å². The van der Waals surface area contributed by atoms with E-state index in [1.54, 1.807) is 0 Å². The Labute approximate surface area is 188 Å². The number of rotatable bonds is 6. The van der Waals surface area contributed by atoms with Crippen LogP contribution in [0.3, 0.4) is 0 Å². The Balaban J connectivity index is 1.65. The van der Waals surface area contributed by atoms with E-state index in [1.807, 2.05) is 24.3 Å². The normalized spacial score (nSPS) is 16.4. The number of anilines is 2. The van der Waals surface area contributed by atoms with Gasteiger partial charge in [-0.1, -0.05) is 18.2 Å².